The van der Waals surface area contributed by atoms with Gasteiger partial charge < -0.3 is 4.74 Å². The molecule has 0 atom stereocenters. The molecule has 0 saturated carbocycles. The molecule has 2 aromatic rings. The number of fused-ring (bicyclic) bond motifs is 3. The SMILES string of the molecule is Cc1cc(OCC2CCS(=O)(=O)CC2)cc2c1-c1cc(C=O)ccc1CCC2. The molecule has 0 amide bonds. The number of hydrogen-bond acceptors (Lipinski definition) is 4. The summed E-state index contributed by atoms with van der Waals surface area (Å²) >= 11 is 0. The Bertz CT molecular complexity index is 994. The maximum Gasteiger partial charge on any atom is 0.150 e. The summed E-state index contributed by atoms with van der Waals surface area (Å²) in [5, 5.41) is 0. The van der Waals surface area contributed by atoms with Gasteiger partial charge in [-0.2, -0.15) is 0 Å². The Balaban J connectivity index is 1.58. The van der Waals surface area contributed by atoms with E-state index in [1.54, 1.807) is 0 Å². The third kappa shape index (κ3) is 4.00. The van der Waals surface area contributed by atoms with E-state index in [0.717, 1.165) is 36.9 Å². The van der Waals surface area contributed by atoms with Crippen LogP contribution in [0.4, 0.5) is 0 Å². The Morgan fingerprint density at radius 2 is 1.82 bits per heavy atom. The number of sulfone groups is 1. The molecule has 28 heavy (non-hydrogen) atoms. The molecule has 0 unspecified atom stereocenters. The monoisotopic (exact) mass is 398 g/mol. The Morgan fingerprint density at radius 3 is 2.57 bits per heavy atom. The highest BCUT2D eigenvalue weighted by Crippen LogP contribution is 2.38. The molecule has 0 radical (unpaired) electrons. The number of hydrogen-bond donors (Lipinski definition) is 0. The quantitative estimate of drug-likeness (QED) is 0.726. The van der Waals surface area contributed by atoms with Crippen LogP contribution in [0, 0.1) is 12.8 Å². The molecule has 2 aromatic carbocycles. The summed E-state index contributed by atoms with van der Waals surface area (Å²) in [6.07, 6.45) is 5.35. The molecule has 0 aromatic heterocycles. The number of rotatable bonds is 4. The fraction of sp³-hybridized carbons (Fsp3) is 0.435. The predicted molar refractivity (Wildman–Crippen MR) is 111 cm³/mol. The van der Waals surface area contributed by atoms with Crippen LogP contribution >= 0.6 is 0 Å². The molecule has 2 aliphatic rings. The third-order valence-corrected chi connectivity index (χ3v) is 7.70. The molecule has 5 heteroatoms. The van der Waals surface area contributed by atoms with Gasteiger partial charge in [-0.3, -0.25) is 4.79 Å². The number of carbonyl (C=O) groups excluding carboxylic acids is 1. The summed E-state index contributed by atoms with van der Waals surface area (Å²) < 4.78 is 29.3. The van der Waals surface area contributed by atoms with Crippen LogP contribution in [0.25, 0.3) is 11.1 Å². The first-order valence-electron chi connectivity index (χ1n) is 10.0. The van der Waals surface area contributed by atoms with Crippen LogP contribution in [-0.2, 0) is 22.7 Å². The number of ether oxygens (including phenoxy) is 1. The smallest absolute Gasteiger partial charge is 0.150 e. The van der Waals surface area contributed by atoms with Gasteiger partial charge in [0, 0.05) is 5.56 Å². The lowest BCUT2D eigenvalue weighted by Gasteiger charge is -2.23. The summed E-state index contributed by atoms with van der Waals surface area (Å²) in [6.45, 7) is 2.67. The average molecular weight is 399 g/mol. The number of aldehydes is 1. The minimum atomic E-state index is -2.84. The third-order valence-electron chi connectivity index (χ3n) is 5.98. The zero-order chi connectivity index (χ0) is 19.7. The number of carbonyl (C=O) groups is 1. The standard InChI is InChI=1S/C23H26O4S/c1-16-11-21(27-15-17-7-9-28(25,26)10-8-17)13-20-4-2-3-19-6-5-18(14-24)12-22(19)23(16)20/h5-6,11-14,17H,2-4,7-10,15H2,1H3. The van der Waals surface area contributed by atoms with Crippen molar-refractivity contribution in [1.29, 1.82) is 0 Å². The van der Waals surface area contributed by atoms with Gasteiger partial charge in [0.25, 0.3) is 0 Å². The van der Waals surface area contributed by atoms with Gasteiger partial charge in [0.1, 0.15) is 21.9 Å². The average Bonchev–Trinajstić information content (AvgIpc) is 2.86. The number of aryl methyl sites for hydroxylation is 3. The minimum Gasteiger partial charge on any atom is -0.493 e. The highest BCUT2D eigenvalue weighted by Gasteiger charge is 2.24. The van der Waals surface area contributed by atoms with Gasteiger partial charge in [0.2, 0.25) is 0 Å². The van der Waals surface area contributed by atoms with Crippen molar-refractivity contribution in [2.45, 2.75) is 39.0 Å². The molecule has 0 N–H and O–H groups in total. The van der Waals surface area contributed by atoms with Gasteiger partial charge in [0.05, 0.1) is 18.1 Å². The zero-order valence-corrected chi connectivity index (χ0v) is 17.1. The molecular formula is C23H26O4S. The lowest BCUT2D eigenvalue weighted by atomic mass is 9.91. The van der Waals surface area contributed by atoms with E-state index in [-0.39, 0.29) is 11.5 Å². The molecular weight excluding hydrogens is 372 g/mol. The van der Waals surface area contributed by atoms with E-state index in [1.165, 1.54) is 22.3 Å². The van der Waals surface area contributed by atoms with Crippen LogP contribution in [0.3, 0.4) is 0 Å². The van der Waals surface area contributed by atoms with Gasteiger partial charge in [-0.15, -0.1) is 0 Å². The molecule has 0 bridgehead atoms. The van der Waals surface area contributed by atoms with E-state index < -0.39 is 9.84 Å². The molecule has 148 valence electrons. The van der Waals surface area contributed by atoms with Crippen molar-refractivity contribution in [2.24, 2.45) is 5.92 Å². The van der Waals surface area contributed by atoms with Crippen molar-refractivity contribution in [3.05, 3.63) is 52.6 Å². The first-order chi connectivity index (χ1) is 13.4. The molecule has 1 fully saturated rings. The molecule has 1 heterocycles. The minimum absolute atomic E-state index is 0.278. The summed E-state index contributed by atoms with van der Waals surface area (Å²) in [5.74, 6) is 1.72. The predicted octanol–water partition coefficient (Wildman–Crippen LogP) is 4.17. The van der Waals surface area contributed by atoms with E-state index in [4.69, 9.17) is 4.74 Å². The molecule has 0 spiro atoms. The Morgan fingerprint density at radius 1 is 1.07 bits per heavy atom. The van der Waals surface area contributed by atoms with E-state index >= 15 is 0 Å². The fourth-order valence-electron chi connectivity index (χ4n) is 4.40. The van der Waals surface area contributed by atoms with Crippen LogP contribution in [-0.4, -0.2) is 32.8 Å². The first kappa shape index (κ1) is 19.2. The lowest BCUT2D eigenvalue weighted by Crippen LogP contribution is -2.26. The summed E-state index contributed by atoms with van der Waals surface area (Å²) in [5.41, 5.74) is 6.82. The highest BCUT2D eigenvalue weighted by molar-refractivity contribution is 7.91. The Hall–Kier alpha value is -2.14. The molecule has 4 rings (SSSR count). The van der Waals surface area contributed by atoms with E-state index in [0.29, 0.717) is 30.9 Å². The second-order valence-electron chi connectivity index (χ2n) is 8.07. The van der Waals surface area contributed by atoms with Gasteiger partial charge in [-0.05, 0) is 91.0 Å². The second-order valence-corrected chi connectivity index (χ2v) is 10.4. The van der Waals surface area contributed by atoms with Crippen LogP contribution < -0.4 is 4.74 Å². The largest absolute Gasteiger partial charge is 0.493 e. The fourth-order valence-corrected chi connectivity index (χ4v) is 5.99. The van der Waals surface area contributed by atoms with Crippen molar-refractivity contribution in [1.82, 2.24) is 0 Å². The van der Waals surface area contributed by atoms with Gasteiger partial charge >= 0.3 is 0 Å². The van der Waals surface area contributed by atoms with E-state index in [2.05, 4.69) is 25.1 Å². The molecule has 1 aliphatic carbocycles. The van der Waals surface area contributed by atoms with Crippen LogP contribution in [0.1, 0.15) is 46.3 Å². The first-order valence-corrected chi connectivity index (χ1v) is 11.8. The topological polar surface area (TPSA) is 60.4 Å². The van der Waals surface area contributed by atoms with Crippen LogP contribution in [0.15, 0.2) is 30.3 Å². The van der Waals surface area contributed by atoms with Gasteiger partial charge in [-0.25, -0.2) is 8.42 Å². The molecule has 4 nitrogen and oxygen atoms in total. The number of benzene rings is 2. The van der Waals surface area contributed by atoms with Crippen LogP contribution in [0.5, 0.6) is 5.75 Å². The normalized spacial score (nSPS) is 18.6. The Labute approximate surface area is 166 Å². The van der Waals surface area contributed by atoms with Crippen molar-refractivity contribution in [3.63, 3.8) is 0 Å². The molecule has 1 aliphatic heterocycles. The summed E-state index contributed by atoms with van der Waals surface area (Å²) in [6, 6.07) is 10.2. The lowest BCUT2D eigenvalue weighted by molar-refractivity contribution is 0.112. The molecule has 1 saturated heterocycles. The Kier molecular flexibility index (Phi) is 5.28. The summed E-state index contributed by atoms with van der Waals surface area (Å²) in [4.78, 5) is 11.2. The van der Waals surface area contributed by atoms with Gasteiger partial charge in [0.15, 0.2) is 0 Å². The second kappa shape index (κ2) is 7.70. The van der Waals surface area contributed by atoms with Crippen molar-refractivity contribution >= 4 is 16.1 Å². The highest BCUT2D eigenvalue weighted by atomic mass is 32.2. The van der Waals surface area contributed by atoms with E-state index in [1.807, 2.05) is 12.1 Å². The zero-order valence-electron chi connectivity index (χ0n) is 16.2. The summed E-state index contributed by atoms with van der Waals surface area (Å²) in [7, 11) is -2.84. The van der Waals surface area contributed by atoms with Crippen LogP contribution in [0.2, 0.25) is 0 Å². The van der Waals surface area contributed by atoms with Gasteiger partial charge in [-0.1, -0.05) is 12.1 Å². The van der Waals surface area contributed by atoms with Crippen molar-refractivity contribution < 1.29 is 17.9 Å². The van der Waals surface area contributed by atoms with E-state index in [9.17, 15) is 13.2 Å². The van der Waals surface area contributed by atoms with Crippen molar-refractivity contribution in [2.75, 3.05) is 18.1 Å². The maximum absolute atomic E-state index is 11.6. The maximum atomic E-state index is 11.6. The van der Waals surface area contributed by atoms with Crippen molar-refractivity contribution in [3.8, 4) is 16.9 Å².